The zero-order valence-corrected chi connectivity index (χ0v) is 11.5. The molecule has 0 amide bonds. The topological polar surface area (TPSA) is 43.1 Å². The van der Waals surface area contributed by atoms with Gasteiger partial charge in [0.05, 0.1) is 0 Å². The Bertz CT molecular complexity index is 548. The lowest BCUT2D eigenvalue weighted by atomic mass is 10.1. The third-order valence-corrected chi connectivity index (χ3v) is 4.55. The van der Waals surface area contributed by atoms with Crippen LogP contribution < -0.4 is 5.73 Å². The van der Waals surface area contributed by atoms with Crippen LogP contribution in [-0.4, -0.2) is 16.0 Å². The number of rotatable bonds is 5. The number of benzene rings is 2. The fraction of sp³-hybridized carbons (Fsp3) is 0.333. The molecule has 0 aromatic heterocycles. The van der Waals surface area contributed by atoms with Crippen molar-refractivity contribution in [3.05, 3.63) is 48.0 Å². The van der Waals surface area contributed by atoms with Crippen LogP contribution >= 0.6 is 0 Å². The molecule has 0 aliphatic heterocycles. The van der Waals surface area contributed by atoms with Crippen LogP contribution in [0.3, 0.4) is 0 Å². The van der Waals surface area contributed by atoms with Gasteiger partial charge in [-0.3, -0.25) is 4.21 Å². The zero-order chi connectivity index (χ0) is 13.0. The molecule has 2 aromatic rings. The molecule has 2 aromatic carbocycles. The molecule has 0 saturated carbocycles. The maximum absolute atomic E-state index is 12.1. The van der Waals surface area contributed by atoms with Crippen LogP contribution in [-0.2, 0) is 16.6 Å². The maximum Gasteiger partial charge on any atom is 0.0492 e. The van der Waals surface area contributed by atoms with Gasteiger partial charge in [0.15, 0.2) is 0 Å². The molecular formula is C15H19NOS. The summed E-state index contributed by atoms with van der Waals surface area (Å²) in [5, 5.41) is 2.39. The van der Waals surface area contributed by atoms with Gasteiger partial charge in [-0.15, -0.1) is 0 Å². The van der Waals surface area contributed by atoms with Crippen LogP contribution in [0.2, 0.25) is 0 Å². The Kier molecular flexibility index (Phi) is 4.50. The van der Waals surface area contributed by atoms with Gasteiger partial charge in [-0.2, -0.15) is 0 Å². The fourth-order valence-corrected chi connectivity index (χ4v) is 3.44. The molecular weight excluding hydrogens is 242 g/mol. The number of hydrogen-bond acceptors (Lipinski definition) is 2. The standard InChI is InChI=1S/C15H19NOS/c1-2-14(16)11-18(17)10-13-8-5-7-12-6-3-4-9-15(12)13/h3-9,14H,2,10-11,16H2,1H3. The van der Waals surface area contributed by atoms with Crippen LogP contribution in [0.4, 0.5) is 0 Å². The monoisotopic (exact) mass is 261 g/mol. The molecule has 3 heteroatoms. The molecule has 2 atom stereocenters. The third kappa shape index (κ3) is 3.18. The van der Waals surface area contributed by atoms with Gasteiger partial charge in [-0.25, -0.2) is 0 Å². The van der Waals surface area contributed by atoms with E-state index in [0.29, 0.717) is 11.5 Å². The van der Waals surface area contributed by atoms with Crippen molar-refractivity contribution in [2.24, 2.45) is 5.73 Å². The summed E-state index contributed by atoms with van der Waals surface area (Å²) in [6, 6.07) is 14.4. The van der Waals surface area contributed by atoms with E-state index >= 15 is 0 Å². The molecule has 0 aliphatic carbocycles. The predicted octanol–water partition coefficient (Wildman–Crippen LogP) is 2.83. The Labute approximate surface area is 111 Å². The Balaban J connectivity index is 2.19. The smallest absolute Gasteiger partial charge is 0.0492 e. The van der Waals surface area contributed by atoms with Gasteiger partial charge >= 0.3 is 0 Å². The molecule has 2 nitrogen and oxygen atoms in total. The Hall–Kier alpha value is -1.19. The van der Waals surface area contributed by atoms with E-state index in [1.807, 2.05) is 25.1 Å². The van der Waals surface area contributed by atoms with E-state index in [2.05, 4.69) is 24.3 Å². The van der Waals surface area contributed by atoms with Crippen molar-refractivity contribution in [2.45, 2.75) is 25.1 Å². The molecule has 0 saturated heterocycles. The van der Waals surface area contributed by atoms with E-state index in [1.165, 1.54) is 10.8 Å². The molecule has 18 heavy (non-hydrogen) atoms. The highest BCUT2D eigenvalue weighted by Gasteiger charge is 2.09. The number of fused-ring (bicyclic) bond motifs is 1. The Morgan fingerprint density at radius 3 is 2.67 bits per heavy atom. The predicted molar refractivity (Wildman–Crippen MR) is 78.9 cm³/mol. The Morgan fingerprint density at radius 1 is 1.17 bits per heavy atom. The highest BCUT2D eigenvalue weighted by atomic mass is 32.2. The van der Waals surface area contributed by atoms with Crippen molar-refractivity contribution < 1.29 is 4.21 Å². The van der Waals surface area contributed by atoms with Crippen molar-refractivity contribution in [3.63, 3.8) is 0 Å². The summed E-state index contributed by atoms with van der Waals surface area (Å²) >= 11 is 0. The highest BCUT2D eigenvalue weighted by Crippen LogP contribution is 2.19. The maximum atomic E-state index is 12.1. The molecule has 2 rings (SSSR count). The lowest BCUT2D eigenvalue weighted by Gasteiger charge is -2.10. The van der Waals surface area contributed by atoms with Crippen LogP contribution in [0.5, 0.6) is 0 Å². The van der Waals surface area contributed by atoms with Gasteiger partial charge in [0, 0.05) is 28.3 Å². The van der Waals surface area contributed by atoms with Gasteiger partial charge in [0.25, 0.3) is 0 Å². The Morgan fingerprint density at radius 2 is 1.89 bits per heavy atom. The molecule has 0 radical (unpaired) electrons. The average Bonchev–Trinajstić information content (AvgIpc) is 2.39. The minimum absolute atomic E-state index is 0.0424. The van der Waals surface area contributed by atoms with Gasteiger partial charge in [-0.1, -0.05) is 49.4 Å². The first-order valence-electron chi connectivity index (χ1n) is 6.28. The molecule has 0 heterocycles. The van der Waals surface area contributed by atoms with Gasteiger partial charge < -0.3 is 5.73 Å². The number of hydrogen-bond donors (Lipinski definition) is 1. The molecule has 0 aliphatic rings. The van der Waals surface area contributed by atoms with E-state index < -0.39 is 10.8 Å². The van der Waals surface area contributed by atoms with Crippen molar-refractivity contribution in [2.75, 3.05) is 5.75 Å². The minimum atomic E-state index is -0.882. The summed E-state index contributed by atoms with van der Waals surface area (Å²) in [5.74, 6) is 1.18. The lowest BCUT2D eigenvalue weighted by molar-refractivity contribution is 0.663. The largest absolute Gasteiger partial charge is 0.327 e. The van der Waals surface area contributed by atoms with E-state index in [9.17, 15) is 4.21 Å². The second-order valence-electron chi connectivity index (χ2n) is 4.56. The van der Waals surface area contributed by atoms with E-state index in [0.717, 1.165) is 12.0 Å². The van der Waals surface area contributed by atoms with E-state index in [1.54, 1.807) is 0 Å². The second-order valence-corrected chi connectivity index (χ2v) is 6.06. The summed E-state index contributed by atoms with van der Waals surface area (Å²) in [6.07, 6.45) is 0.876. The van der Waals surface area contributed by atoms with Gasteiger partial charge in [0.2, 0.25) is 0 Å². The summed E-state index contributed by atoms with van der Waals surface area (Å²) < 4.78 is 12.1. The molecule has 0 spiro atoms. The van der Waals surface area contributed by atoms with Crippen molar-refractivity contribution >= 4 is 21.6 Å². The lowest BCUT2D eigenvalue weighted by Crippen LogP contribution is -2.26. The molecule has 0 fully saturated rings. The quantitative estimate of drug-likeness (QED) is 0.899. The fourth-order valence-electron chi connectivity index (χ4n) is 2.01. The van der Waals surface area contributed by atoms with Crippen molar-refractivity contribution in [1.82, 2.24) is 0 Å². The van der Waals surface area contributed by atoms with Gasteiger partial charge in [-0.05, 0) is 22.8 Å². The van der Waals surface area contributed by atoms with E-state index in [-0.39, 0.29) is 6.04 Å². The summed E-state index contributed by atoms with van der Waals surface area (Å²) in [5.41, 5.74) is 7.00. The normalized spacial score (nSPS) is 14.6. The summed E-state index contributed by atoms with van der Waals surface area (Å²) in [7, 11) is -0.882. The second kappa shape index (κ2) is 6.12. The van der Waals surface area contributed by atoms with Crippen LogP contribution in [0.25, 0.3) is 10.8 Å². The summed E-state index contributed by atoms with van der Waals surface area (Å²) in [6.45, 7) is 2.03. The molecule has 96 valence electrons. The molecule has 2 unspecified atom stereocenters. The van der Waals surface area contributed by atoms with Crippen LogP contribution in [0.1, 0.15) is 18.9 Å². The highest BCUT2D eigenvalue weighted by molar-refractivity contribution is 7.84. The third-order valence-electron chi connectivity index (χ3n) is 3.12. The first kappa shape index (κ1) is 13.2. The van der Waals surface area contributed by atoms with E-state index in [4.69, 9.17) is 5.73 Å². The van der Waals surface area contributed by atoms with Crippen molar-refractivity contribution in [1.29, 1.82) is 0 Å². The number of nitrogens with two attached hydrogens (primary N) is 1. The van der Waals surface area contributed by atoms with Crippen molar-refractivity contribution in [3.8, 4) is 0 Å². The molecule has 0 bridgehead atoms. The minimum Gasteiger partial charge on any atom is -0.327 e. The molecule has 2 N–H and O–H groups in total. The summed E-state index contributed by atoms with van der Waals surface area (Å²) in [4.78, 5) is 0. The SMILES string of the molecule is CCC(N)CS(=O)Cc1cccc2ccccc12. The van der Waals surface area contributed by atoms with Crippen LogP contribution in [0, 0.1) is 0 Å². The zero-order valence-electron chi connectivity index (χ0n) is 10.6. The first-order valence-corrected chi connectivity index (χ1v) is 7.76. The van der Waals surface area contributed by atoms with Crippen LogP contribution in [0.15, 0.2) is 42.5 Å². The van der Waals surface area contributed by atoms with Gasteiger partial charge in [0.1, 0.15) is 0 Å². The first-order chi connectivity index (χ1) is 8.70. The average molecular weight is 261 g/mol.